The lowest BCUT2D eigenvalue weighted by Gasteiger charge is -2.32. The number of hydrogen-bond acceptors (Lipinski definition) is 6. The number of halogens is 3. The standard InChI is InChI=1S/C18H18F3N3O4/c1-26-15-8-9-16(23-22-15)27-14-3-2-10-24(11-14)17(25)12-4-6-13(7-5-12)28-18(19,20)21/h4-9,14H,2-3,10-11H2,1H3. The van der Waals surface area contributed by atoms with E-state index < -0.39 is 6.36 Å². The van der Waals surface area contributed by atoms with Crippen LogP contribution in [-0.2, 0) is 0 Å². The van der Waals surface area contributed by atoms with E-state index in [0.29, 0.717) is 24.8 Å². The second-order valence-corrected chi connectivity index (χ2v) is 6.12. The van der Waals surface area contributed by atoms with E-state index in [9.17, 15) is 18.0 Å². The Morgan fingerprint density at radius 1 is 1.11 bits per heavy atom. The molecule has 0 aliphatic carbocycles. The van der Waals surface area contributed by atoms with Crippen molar-refractivity contribution in [3.63, 3.8) is 0 Å². The third kappa shape index (κ3) is 5.24. The van der Waals surface area contributed by atoms with Gasteiger partial charge in [0.2, 0.25) is 11.8 Å². The smallest absolute Gasteiger partial charge is 0.480 e. The van der Waals surface area contributed by atoms with Crippen molar-refractivity contribution in [2.75, 3.05) is 20.2 Å². The van der Waals surface area contributed by atoms with Crippen molar-refractivity contribution in [1.29, 1.82) is 0 Å². The maximum atomic E-state index is 12.6. The molecule has 0 bridgehead atoms. The SMILES string of the molecule is COc1ccc(OC2CCCN(C(=O)c3ccc(OC(F)(F)F)cc3)C2)nn1. The Kier molecular flexibility index (Phi) is 5.86. The highest BCUT2D eigenvalue weighted by Crippen LogP contribution is 2.24. The molecule has 28 heavy (non-hydrogen) atoms. The fraction of sp³-hybridized carbons (Fsp3) is 0.389. The van der Waals surface area contributed by atoms with Gasteiger partial charge in [-0.1, -0.05) is 0 Å². The van der Waals surface area contributed by atoms with Crippen LogP contribution in [0.25, 0.3) is 0 Å². The van der Waals surface area contributed by atoms with E-state index in [0.717, 1.165) is 25.0 Å². The molecule has 1 fully saturated rings. The van der Waals surface area contributed by atoms with Gasteiger partial charge in [0.15, 0.2) is 0 Å². The normalized spacial score (nSPS) is 17.1. The molecule has 1 saturated heterocycles. The number of ether oxygens (including phenoxy) is 3. The summed E-state index contributed by atoms with van der Waals surface area (Å²) in [6, 6.07) is 8.10. The van der Waals surface area contributed by atoms with Gasteiger partial charge in [-0.05, 0) is 37.1 Å². The molecule has 1 unspecified atom stereocenters. The van der Waals surface area contributed by atoms with Crippen molar-refractivity contribution in [3.05, 3.63) is 42.0 Å². The molecule has 1 amide bonds. The Morgan fingerprint density at radius 3 is 2.39 bits per heavy atom. The maximum Gasteiger partial charge on any atom is 0.573 e. The van der Waals surface area contributed by atoms with E-state index >= 15 is 0 Å². The topological polar surface area (TPSA) is 73.8 Å². The highest BCUT2D eigenvalue weighted by atomic mass is 19.4. The zero-order valence-electron chi connectivity index (χ0n) is 15.0. The fourth-order valence-corrected chi connectivity index (χ4v) is 2.85. The van der Waals surface area contributed by atoms with Gasteiger partial charge in [-0.15, -0.1) is 23.4 Å². The number of piperidine rings is 1. The number of aromatic nitrogens is 2. The van der Waals surface area contributed by atoms with Gasteiger partial charge in [0.1, 0.15) is 11.9 Å². The fourth-order valence-electron chi connectivity index (χ4n) is 2.85. The molecule has 1 aliphatic heterocycles. The maximum absolute atomic E-state index is 12.6. The molecule has 1 aromatic carbocycles. The summed E-state index contributed by atoms with van der Waals surface area (Å²) in [4.78, 5) is 14.2. The number of methoxy groups -OCH3 is 1. The van der Waals surface area contributed by atoms with E-state index in [1.54, 1.807) is 17.0 Å². The van der Waals surface area contributed by atoms with Gasteiger partial charge in [-0.25, -0.2) is 0 Å². The number of hydrogen-bond donors (Lipinski definition) is 0. The number of carbonyl (C=O) groups is 1. The average molecular weight is 397 g/mol. The largest absolute Gasteiger partial charge is 0.573 e. The van der Waals surface area contributed by atoms with Gasteiger partial charge in [0, 0.05) is 24.2 Å². The summed E-state index contributed by atoms with van der Waals surface area (Å²) in [5, 5.41) is 7.73. The van der Waals surface area contributed by atoms with Crippen molar-refractivity contribution < 1.29 is 32.2 Å². The molecule has 2 aromatic rings. The molecule has 10 heteroatoms. The number of benzene rings is 1. The molecule has 0 saturated carbocycles. The van der Waals surface area contributed by atoms with Gasteiger partial charge >= 0.3 is 6.36 Å². The number of amides is 1. The van der Waals surface area contributed by atoms with Crippen LogP contribution in [0.4, 0.5) is 13.2 Å². The summed E-state index contributed by atoms with van der Waals surface area (Å²) in [5.74, 6) is 0.0363. The van der Waals surface area contributed by atoms with Crippen LogP contribution >= 0.6 is 0 Å². The lowest BCUT2D eigenvalue weighted by atomic mass is 10.1. The van der Waals surface area contributed by atoms with E-state index in [2.05, 4.69) is 14.9 Å². The molecular formula is C18H18F3N3O4. The Morgan fingerprint density at radius 2 is 1.79 bits per heavy atom. The molecule has 0 N–H and O–H groups in total. The van der Waals surface area contributed by atoms with E-state index in [1.807, 2.05) is 0 Å². The summed E-state index contributed by atoms with van der Waals surface area (Å²) in [6.07, 6.45) is -3.55. The van der Waals surface area contributed by atoms with Crippen LogP contribution in [-0.4, -0.2) is 53.7 Å². The Bertz CT molecular complexity index is 797. The average Bonchev–Trinajstić information content (AvgIpc) is 2.68. The number of rotatable bonds is 5. The zero-order valence-corrected chi connectivity index (χ0v) is 15.0. The zero-order chi connectivity index (χ0) is 20.1. The highest BCUT2D eigenvalue weighted by Gasteiger charge is 2.31. The third-order valence-electron chi connectivity index (χ3n) is 4.11. The van der Waals surface area contributed by atoms with Crippen LogP contribution in [0.15, 0.2) is 36.4 Å². The second kappa shape index (κ2) is 8.32. The number of nitrogens with zero attached hydrogens (tertiary/aromatic N) is 3. The molecule has 0 radical (unpaired) electrons. The van der Waals surface area contributed by atoms with E-state index in [4.69, 9.17) is 9.47 Å². The predicted molar refractivity (Wildman–Crippen MR) is 91.3 cm³/mol. The summed E-state index contributed by atoms with van der Waals surface area (Å²) in [7, 11) is 1.48. The minimum absolute atomic E-state index is 0.256. The van der Waals surface area contributed by atoms with E-state index in [-0.39, 0.29) is 23.3 Å². The van der Waals surface area contributed by atoms with Crippen LogP contribution in [0.2, 0.25) is 0 Å². The van der Waals surface area contributed by atoms with Gasteiger partial charge in [0.25, 0.3) is 5.91 Å². The van der Waals surface area contributed by atoms with Gasteiger partial charge in [-0.3, -0.25) is 4.79 Å². The molecule has 0 spiro atoms. The first-order chi connectivity index (χ1) is 13.3. The molecule has 7 nitrogen and oxygen atoms in total. The monoisotopic (exact) mass is 397 g/mol. The predicted octanol–water partition coefficient (Wildman–Crippen LogP) is 3.07. The highest BCUT2D eigenvalue weighted by molar-refractivity contribution is 5.94. The molecule has 150 valence electrons. The summed E-state index contributed by atoms with van der Waals surface area (Å²) in [6.45, 7) is 0.876. The van der Waals surface area contributed by atoms with Crippen molar-refractivity contribution in [3.8, 4) is 17.5 Å². The second-order valence-electron chi connectivity index (χ2n) is 6.12. The van der Waals surface area contributed by atoms with Crippen LogP contribution in [0.5, 0.6) is 17.5 Å². The van der Waals surface area contributed by atoms with Crippen LogP contribution in [0.1, 0.15) is 23.2 Å². The van der Waals surface area contributed by atoms with Crippen molar-refractivity contribution in [1.82, 2.24) is 15.1 Å². The first-order valence-electron chi connectivity index (χ1n) is 8.53. The van der Waals surface area contributed by atoms with Crippen LogP contribution in [0.3, 0.4) is 0 Å². The van der Waals surface area contributed by atoms with Gasteiger partial charge in [-0.2, -0.15) is 0 Å². The third-order valence-corrected chi connectivity index (χ3v) is 4.11. The van der Waals surface area contributed by atoms with Crippen LogP contribution < -0.4 is 14.2 Å². The minimum Gasteiger partial charge on any atom is -0.480 e. The molecular weight excluding hydrogens is 379 g/mol. The molecule has 2 heterocycles. The first-order valence-corrected chi connectivity index (χ1v) is 8.53. The first kappa shape index (κ1) is 19.7. The lowest BCUT2D eigenvalue weighted by Crippen LogP contribution is -2.44. The quantitative estimate of drug-likeness (QED) is 0.772. The van der Waals surface area contributed by atoms with E-state index in [1.165, 1.54) is 19.2 Å². The van der Waals surface area contributed by atoms with Gasteiger partial charge in [0.05, 0.1) is 13.7 Å². The van der Waals surface area contributed by atoms with Crippen molar-refractivity contribution >= 4 is 5.91 Å². The number of carbonyl (C=O) groups excluding carboxylic acids is 1. The Balaban J connectivity index is 1.60. The Labute approximate surface area is 159 Å². The lowest BCUT2D eigenvalue weighted by molar-refractivity contribution is -0.274. The Hall–Kier alpha value is -3.04. The van der Waals surface area contributed by atoms with Gasteiger partial charge < -0.3 is 19.1 Å². The number of likely N-dealkylation sites (tertiary alicyclic amines) is 1. The molecule has 1 aromatic heterocycles. The summed E-state index contributed by atoms with van der Waals surface area (Å²) in [5.41, 5.74) is 0.277. The summed E-state index contributed by atoms with van der Waals surface area (Å²) >= 11 is 0. The van der Waals surface area contributed by atoms with Crippen LogP contribution in [0, 0.1) is 0 Å². The van der Waals surface area contributed by atoms with Crippen molar-refractivity contribution in [2.24, 2.45) is 0 Å². The molecule has 1 atom stereocenters. The summed E-state index contributed by atoms with van der Waals surface area (Å²) < 4.78 is 51.2. The van der Waals surface area contributed by atoms with Crippen molar-refractivity contribution in [2.45, 2.75) is 25.3 Å². The molecule has 3 rings (SSSR count). The molecule has 1 aliphatic rings. The number of alkyl halides is 3. The minimum atomic E-state index is -4.77.